The van der Waals surface area contributed by atoms with Crippen LogP contribution < -0.4 is 15.0 Å². The van der Waals surface area contributed by atoms with Crippen LogP contribution in [-0.4, -0.2) is 53.4 Å². The number of nitrogens with zero attached hydrogens (tertiary/aromatic N) is 4. The first-order chi connectivity index (χ1) is 15.2. The predicted octanol–water partition coefficient (Wildman–Crippen LogP) is 3.97. The number of aromatic nitrogens is 3. The van der Waals surface area contributed by atoms with Crippen molar-refractivity contribution in [1.29, 1.82) is 0 Å². The van der Waals surface area contributed by atoms with Crippen LogP contribution in [0.2, 0.25) is 0 Å². The minimum atomic E-state index is 0.189. The van der Waals surface area contributed by atoms with Crippen molar-refractivity contribution < 1.29 is 9.47 Å². The number of rotatable bonds is 5. The van der Waals surface area contributed by atoms with E-state index in [9.17, 15) is 0 Å². The van der Waals surface area contributed by atoms with Crippen molar-refractivity contribution in [2.45, 2.75) is 44.8 Å². The van der Waals surface area contributed by atoms with Crippen LogP contribution in [0.1, 0.15) is 31.4 Å². The molecule has 2 aliphatic rings. The van der Waals surface area contributed by atoms with Gasteiger partial charge in [-0.1, -0.05) is 6.07 Å². The monoisotopic (exact) mass is 419 g/mol. The highest BCUT2D eigenvalue weighted by molar-refractivity contribution is 5.85. The van der Waals surface area contributed by atoms with Crippen molar-refractivity contribution in [2.75, 3.05) is 36.5 Å². The fourth-order valence-corrected chi connectivity index (χ4v) is 4.46. The topological polar surface area (TPSA) is 72.4 Å². The standard InChI is InChI=1S/C24H29N5O2/c1-17-3-2-4-23(27-17)28-18-5-7-20(8-6-18)31-22-16-19(29-11-13-30-14-12-29)15-21-24(22)26-10-9-25-21/h2-4,9-10,15-16,18,20H,5-8,11-14H2,1H3,(H,27,28)/t18-,20+. The van der Waals surface area contributed by atoms with Crippen LogP contribution in [-0.2, 0) is 4.74 Å². The highest BCUT2D eigenvalue weighted by Gasteiger charge is 2.24. The first kappa shape index (κ1) is 20.0. The van der Waals surface area contributed by atoms with Gasteiger partial charge < -0.3 is 19.7 Å². The van der Waals surface area contributed by atoms with Gasteiger partial charge in [0.25, 0.3) is 0 Å². The molecular weight excluding hydrogens is 390 g/mol. The molecule has 3 heterocycles. The van der Waals surface area contributed by atoms with Gasteiger partial charge in [-0.2, -0.15) is 0 Å². The molecule has 2 aromatic heterocycles. The molecule has 0 bridgehead atoms. The Morgan fingerprint density at radius 1 is 1.03 bits per heavy atom. The molecular formula is C24H29N5O2. The molecule has 3 aromatic rings. The number of ether oxygens (including phenoxy) is 2. The Balaban J connectivity index is 1.28. The summed E-state index contributed by atoms with van der Waals surface area (Å²) in [4.78, 5) is 16.0. The molecule has 7 nitrogen and oxygen atoms in total. The lowest BCUT2D eigenvalue weighted by atomic mass is 9.93. The molecule has 0 unspecified atom stereocenters. The number of fused-ring (bicyclic) bond motifs is 1. The van der Waals surface area contributed by atoms with Gasteiger partial charge in [-0.25, -0.2) is 9.97 Å². The number of anilines is 2. The van der Waals surface area contributed by atoms with Crippen molar-refractivity contribution >= 4 is 22.5 Å². The molecule has 7 heteroatoms. The van der Waals surface area contributed by atoms with Gasteiger partial charge in [-0.3, -0.25) is 4.98 Å². The third kappa shape index (κ3) is 4.71. The highest BCUT2D eigenvalue weighted by Crippen LogP contribution is 2.33. The fourth-order valence-electron chi connectivity index (χ4n) is 4.46. The summed E-state index contributed by atoms with van der Waals surface area (Å²) in [5.41, 5.74) is 3.88. The third-order valence-corrected chi connectivity index (χ3v) is 6.11. The van der Waals surface area contributed by atoms with E-state index in [1.165, 1.54) is 0 Å². The minimum absolute atomic E-state index is 0.189. The third-order valence-electron chi connectivity index (χ3n) is 6.11. The molecule has 0 atom stereocenters. The first-order valence-electron chi connectivity index (χ1n) is 11.2. The van der Waals surface area contributed by atoms with Crippen molar-refractivity contribution in [1.82, 2.24) is 15.0 Å². The summed E-state index contributed by atoms with van der Waals surface area (Å²) in [6.45, 7) is 5.29. The lowest BCUT2D eigenvalue weighted by molar-refractivity contribution is 0.122. The second kappa shape index (κ2) is 9.06. The molecule has 1 aromatic carbocycles. The molecule has 162 valence electrons. The van der Waals surface area contributed by atoms with E-state index in [4.69, 9.17) is 9.47 Å². The van der Waals surface area contributed by atoms with Crippen molar-refractivity contribution in [3.05, 3.63) is 48.4 Å². The Morgan fingerprint density at radius 3 is 2.65 bits per heavy atom. The van der Waals surface area contributed by atoms with Gasteiger partial charge in [0.15, 0.2) is 0 Å². The smallest absolute Gasteiger partial charge is 0.149 e. The summed E-state index contributed by atoms with van der Waals surface area (Å²) >= 11 is 0. The molecule has 0 amide bonds. The Labute approximate surface area is 182 Å². The highest BCUT2D eigenvalue weighted by atomic mass is 16.5. The summed E-state index contributed by atoms with van der Waals surface area (Å²) in [6, 6.07) is 10.8. The Kier molecular flexibility index (Phi) is 5.84. The molecule has 0 radical (unpaired) electrons. The molecule has 1 aliphatic heterocycles. The molecule has 31 heavy (non-hydrogen) atoms. The molecule has 2 fully saturated rings. The minimum Gasteiger partial charge on any atom is -0.488 e. The van der Waals surface area contributed by atoms with E-state index >= 15 is 0 Å². The Morgan fingerprint density at radius 2 is 1.84 bits per heavy atom. The van der Waals surface area contributed by atoms with Crippen LogP contribution in [0.25, 0.3) is 11.0 Å². The number of aryl methyl sites for hydroxylation is 1. The van der Waals surface area contributed by atoms with Crippen LogP contribution in [0.3, 0.4) is 0 Å². The van der Waals surface area contributed by atoms with E-state index < -0.39 is 0 Å². The lowest BCUT2D eigenvalue weighted by Crippen LogP contribution is -2.36. The average Bonchev–Trinajstić information content (AvgIpc) is 2.81. The first-order valence-corrected chi connectivity index (χ1v) is 11.2. The van der Waals surface area contributed by atoms with Gasteiger partial charge in [0.2, 0.25) is 0 Å². The zero-order valence-electron chi connectivity index (χ0n) is 18.0. The lowest BCUT2D eigenvalue weighted by Gasteiger charge is -2.31. The van der Waals surface area contributed by atoms with E-state index in [-0.39, 0.29) is 6.10 Å². The second-order valence-electron chi connectivity index (χ2n) is 8.37. The fraction of sp³-hybridized carbons (Fsp3) is 0.458. The maximum atomic E-state index is 6.51. The van der Waals surface area contributed by atoms with Crippen molar-refractivity contribution in [2.24, 2.45) is 0 Å². The predicted molar refractivity (Wildman–Crippen MR) is 122 cm³/mol. The molecule has 1 saturated carbocycles. The summed E-state index contributed by atoms with van der Waals surface area (Å²) in [5.74, 6) is 1.80. The molecule has 5 rings (SSSR count). The van der Waals surface area contributed by atoms with Crippen LogP contribution in [0, 0.1) is 6.92 Å². The van der Waals surface area contributed by atoms with Gasteiger partial charge in [-0.15, -0.1) is 0 Å². The summed E-state index contributed by atoms with van der Waals surface area (Å²) in [6.07, 6.45) is 7.80. The van der Waals surface area contributed by atoms with Crippen LogP contribution >= 0.6 is 0 Å². The van der Waals surface area contributed by atoms with Crippen molar-refractivity contribution in [3.63, 3.8) is 0 Å². The zero-order chi connectivity index (χ0) is 21.0. The molecule has 1 aliphatic carbocycles. The Bertz CT molecular complexity index is 1030. The Hall–Kier alpha value is -2.93. The van der Waals surface area contributed by atoms with Gasteiger partial charge in [0.1, 0.15) is 17.1 Å². The zero-order valence-corrected chi connectivity index (χ0v) is 18.0. The molecule has 1 N–H and O–H groups in total. The van der Waals surface area contributed by atoms with Crippen LogP contribution in [0.4, 0.5) is 11.5 Å². The maximum absolute atomic E-state index is 6.51. The van der Waals surface area contributed by atoms with Gasteiger partial charge in [0, 0.05) is 49.0 Å². The number of hydrogen-bond acceptors (Lipinski definition) is 7. The molecule has 0 spiro atoms. The van der Waals surface area contributed by atoms with E-state index in [1.54, 1.807) is 12.4 Å². The largest absolute Gasteiger partial charge is 0.488 e. The van der Waals surface area contributed by atoms with Crippen LogP contribution in [0.5, 0.6) is 5.75 Å². The van der Waals surface area contributed by atoms with E-state index in [0.717, 1.165) is 86.0 Å². The summed E-state index contributed by atoms with van der Waals surface area (Å²) in [5, 5.41) is 3.58. The van der Waals surface area contributed by atoms with E-state index in [1.807, 2.05) is 25.1 Å². The van der Waals surface area contributed by atoms with E-state index in [2.05, 4.69) is 37.3 Å². The van der Waals surface area contributed by atoms with Crippen LogP contribution in [0.15, 0.2) is 42.7 Å². The number of pyridine rings is 1. The normalized spacial score (nSPS) is 21.8. The van der Waals surface area contributed by atoms with E-state index in [0.29, 0.717) is 6.04 Å². The number of benzene rings is 1. The number of hydrogen-bond donors (Lipinski definition) is 1. The number of morpholine rings is 1. The number of nitrogens with one attached hydrogen (secondary N) is 1. The van der Waals surface area contributed by atoms with Gasteiger partial charge >= 0.3 is 0 Å². The van der Waals surface area contributed by atoms with Gasteiger partial charge in [0.05, 0.1) is 24.8 Å². The van der Waals surface area contributed by atoms with Gasteiger partial charge in [-0.05, 0) is 50.8 Å². The SMILES string of the molecule is Cc1cccc(N[C@H]2CC[C@@H](Oc3cc(N4CCOCC4)cc4nccnc34)CC2)n1. The second-order valence-corrected chi connectivity index (χ2v) is 8.37. The molecule has 1 saturated heterocycles. The van der Waals surface area contributed by atoms with Crippen molar-refractivity contribution in [3.8, 4) is 5.75 Å². The summed E-state index contributed by atoms with van der Waals surface area (Å²) in [7, 11) is 0. The summed E-state index contributed by atoms with van der Waals surface area (Å²) < 4.78 is 12.0. The quantitative estimate of drug-likeness (QED) is 0.671. The average molecular weight is 420 g/mol. The maximum Gasteiger partial charge on any atom is 0.149 e.